The molecule has 1 aromatic heterocycles. The van der Waals surface area contributed by atoms with Crippen molar-refractivity contribution in [3.63, 3.8) is 0 Å². The van der Waals surface area contributed by atoms with E-state index in [9.17, 15) is 14.4 Å². The van der Waals surface area contributed by atoms with Gasteiger partial charge in [-0.2, -0.15) is 0 Å². The van der Waals surface area contributed by atoms with Gasteiger partial charge >= 0.3 is 0 Å². The van der Waals surface area contributed by atoms with Crippen LogP contribution in [0.15, 0.2) is 36.5 Å². The number of aliphatic hydroxyl groups is 1. The van der Waals surface area contributed by atoms with Crippen molar-refractivity contribution >= 4 is 11.5 Å². The van der Waals surface area contributed by atoms with Crippen molar-refractivity contribution in [2.75, 3.05) is 13.2 Å². The Balaban J connectivity index is 0.000000261. The maximum atomic E-state index is 12.2. The molecule has 0 saturated carbocycles. The zero-order valence-electron chi connectivity index (χ0n) is 16.6. The number of pyridine rings is 1. The number of hydrogen-bond donors (Lipinski definition) is 2. The Morgan fingerprint density at radius 1 is 1.32 bits per heavy atom. The van der Waals surface area contributed by atoms with Crippen molar-refractivity contribution < 1.29 is 19.5 Å². The predicted octanol–water partition coefficient (Wildman–Crippen LogP) is 3.95. The van der Waals surface area contributed by atoms with Crippen molar-refractivity contribution in [2.45, 2.75) is 40.0 Å². The van der Waals surface area contributed by atoms with Gasteiger partial charge < -0.3 is 5.11 Å². The largest absolute Gasteiger partial charge is 0.396 e. The number of nitrogens with zero attached hydrogens (tertiary/aromatic N) is 2. The van der Waals surface area contributed by atoms with Crippen LogP contribution in [0.2, 0.25) is 0 Å². The number of hydroxylamine groups is 2. The molecule has 0 spiro atoms. The number of rotatable bonds is 4. The summed E-state index contributed by atoms with van der Waals surface area (Å²) in [7, 11) is 0. The average Bonchev–Trinajstić information content (AvgIpc) is 2.70. The van der Waals surface area contributed by atoms with Gasteiger partial charge in [0.15, 0.2) is 0 Å². The van der Waals surface area contributed by atoms with Crippen LogP contribution >= 0.6 is 0 Å². The Morgan fingerprint density at radius 2 is 2.00 bits per heavy atom. The fourth-order valence-corrected chi connectivity index (χ4v) is 3.23. The highest BCUT2D eigenvalue weighted by molar-refractivity contribution is 5.95. The minimum atomic E-state index is -0.457. The summed E-state index contributed by atoms with van der Waals surface area (Å²) in [6.07, 6.45) is 5.69. The molecule has 0 radical (unpaired) electrons. The smallest absolute Gasteiger partial charge is 0.296 e. The molecule has 1 aromatic carbocycles. The zero-order valence-corrected chi connectivity index (χ0v) is 16.6. The van der Waals surface area contributed by atoms with Crippen molar-refractivity contribution in [3.05, 3.63) is 70.3 Å². The molecule has 2 N–H and O–H groups in total. The summed E-state index contributed by atoms with van der Waals surface area (Å²) in [5.74, 6) is -0.617. The molecule has 0 aliphatic carbocycles. The SMILES string of the molecule is C/C=C(/CCO)c1c(C)cnc2c1CCN(O)C2=O.CCc1ccc(F)cc1. The van der Waals surface area contributed by atoms with Gasteiger partial charge in [-0.15, -0.1) is 0 Å². The Labute approximate surface area is 165 Å². The molecular formula is C22H27FN2O3. The summed E-state index contributed by atoms with van der Waals surface area (Å²) in [5.41, 5.74) is 5.35. The van der Waals surface area contributed by atoms with Crippen molar-refractivity contribution in [2.24, 2.45) is 0 Å². The number of hydrogen-bond acceptors (Lipinski definition) is 4. The van der Waals surface area contributed by atoms with Gasteiger partial charge in [-0.25, -0.2) is 9.45 Å². The second-order valence-corrected chi connectivity index (χ2v) is 6.59. The van der Waals surface area contributed by atoms with E-state index in [1.165, 1.54) is 17.7 Å². The Morgan fingerprint density at radius 3 is 2.57 bits per heavy atom. The van der Waals surface area contributed by atoms with Crippen LogP contribution in [0.25, 0.3) is 5.57 Å². The first-order valence-electron chi connectivity index (χ1n) is 9.42. The number of amides is 1. The monoisotopic (exact) mass is 386 g/mol. The second-order valence-electron chi connectivity index (χ2n) is 6.59. The number of benzene rings is 1. The molecule has 2 aromatic rings. The summed E-state index contributed by atoms with van der Waals surface area (Å²) in [4.78, 5) is 16.0. The van der Waals surface area contributed by atoms with Crippen molar-refractivity contribution in [1.29, 1.82) is 0 Å². The second kappa shape index (κ2) is 10.1. The molecule has 28 heavy (non-hydrogen) atoms. The lowest BCUT2D eigenvalue weighted by Crippen LogP contribution is -2.36. The number of carbonyl (C=O) groups excluding carboxylic acids is 1. The molecular weight excluding hydrogens is 359 g/mol. The van der Waals surface area contributed by atoms with Crippen molar-refractivity contribution in [1.82, 2.24) is 10.0 Å². The summed E-state index contributed by atoms with van der Waals surface area (Å²) in [6.45, 7) is 6.25. The number of carbonyl (C=O) groups is 1. The number of allylic oxidation sites excluding steroid dienone is 1. The average molecular weight is 386 g/mol. The van der Waals surface area contributed by atoms with Crippen molar-refractivity contribution in [3.8, 4) is 0 Å². The van der Waals surface area contributed by atoms with Crippen LogP contribution in [0, 0.1) is 12.7 Å². The Hall–Kier alpha value is -2.57. The molecule has 0 saturated heterocycles. The van der Waals surface area contributed by atoms with Gasteiger partial charge in [0.2, 0.25) is 0 Å². The Bertz CT molecular complexity index is 848. The standard InChI is InChI=1S/C14H18N2O3.C8H9F/c1-3-10(5-7-17)12-9(2)8-15-13-11(12)4-6-16(19)14(13)18;1-2-7-3-5-8(9)6-4-7/h3,8,17,19H,4-7H2,1-2H3;3-6H,2H2,1H3/b10-3-;. The van der Waals surface area contributed by atoms with Crippen LogP contribution in [-0.2, 0) is 12.8 Å². The van der Waals surface area contributed by atoms with Crippen LogP contribution in [-0.4, -0.2) is 39.4 Å². The molecule has 5 nitrogen and oxygen atoms in total. The predicted molar refractivity (Wildman–Crippen MR) is 107 cm³/mol. The molecule has 0 unspecified atom stereocenters. The molecule has 2 heterocycles. The van der Waals surface area contributed by atoms with Gasteiger partial charge in [-0.05, 0) is 73.1 Å². The van der Waals surface area contributed by atoms with Gasteiger partial charge in [-0.3, -0.25) is 15.0 Å². The van der Waals surface area contributed by atoms with E-state index < -0.39 is 5.91 Å². The fourth-order valence-electron chi connectivity index (χ4n) is 3.23. The third kappa shape index (κ3) is 5.03. The van der Waals surface area contributed by atoms with Gasteiger partial charge in [0.25, 0.3) is 5.91 Å². The number of aliphatic hydroxyl groups excluding tert-OH is 1. The van der Waals surface area contributed by atoms with E-state index in [0.29, 0.717) is 23.6 Å². The lowest BCUT2D eigenvalue weighted by atomic mass is 9.90. The molecule has 150 valence electrons. The highest BCUT2D eigenvalue weighted by Gasteiger charge is 2.28. The number of aryl methyl sites for hydroxylation is 2. The summed E-state index contributed by atoms with van der Waals surface area (Å²) in [5, 5.41) is 19.3. The van der Waals surface area contributed by atoms with E-state index in [1.54, 1.807) is 18.3 Å². The third-order valence-electron chi connectivity index (χ3n) is 4.75. The minimum Gasteiger partial charge on any atom is -0.396 e. The quantitative estimate of drug-likeness (QED) is 0.781. The van der Waals surface area contributed by atoms with E-state index in [-0.39, 0.29) is 19.0 Å². The highest BCUT2D eigenvalue weighted by Crippen LogP contribution is 2.30. The number of aromatic nitrogens is 1. The lowest BCUT2D eigenvalue weighted by Gasteiger charge is -2.25. The number of fused-ring (bicyclic) bond motifs is 1. The summed E-state index contributed by atoms with van der Waals surface area (Å²) < 4.78 is 12.2. The van der Waals surface area contributed by atoms with E-state index in [1.807, 2.05) is 26.8 Å². The van der Waals surface area contributed by atoms with E-state index in [4.69, 9.17) is 5.11 Å². The molecule has 0 atom stereocenters. The Kier molecular flexibility index (Phi) is 7.84. The summed E-state index contributed by atoms with van der Waals surface area (Å²) in [6, 6.07) is 6.57. The molecule has 3 rings (SSSR count). The topological polar surface area (TPSA) is 73.7 Å². The lowest BCUT2D eigenvalue weighted by molar-refractivity contribution is -0.0607. The molecule has 1 amide bonds. The zero-order chi connectivity index (χ0) is 20.7. The first-order chi connectivity index (χ1) is 13.4. The van der Waals surface area contributed by atoms with E-state index in [2.05, 4.69) is 4.98 Å². The fraction of sp³-hybridized carbons (Fsp3) is 0.364. The number of halogens is 1. The van der Waals surface area contributed by atoms with Gasteiger partial charge in [-0.1, -0.05) is 25.1 Å². The molecule has 0 bridgehead atoms. The van der Waals surface area contributed by atoms with E-state index >= 15 is 0 Å². The first-order valence-corrected chi connectivity index (χ1v) is 9.42. The maximum absolute atomic E-state index is 12.2. The molecule has 1 aliphatic rings. The van der Waals surface area contributed by atoms with Crippen LogP contribution in [0.5, 0.6) is 0 Å². The molecule has 6 heteroatoms. The van der Waals surface area contributed by atoms with Crippen LogP contribution in [0.4, 0.5) is 4.39 Å². The molecule has 0 fully saturated rings. The normalized spacial score (nSPS) is 13.7. The van der Waals surface area contributed by atoms with Crippen LogP contribution in [0.1, 0.15) is 53.0 Å². The highest BCUT2D eigenvalue weighted by atomic mass is 19.1. The maximum Gasteiger partial charge on any atom is 0.296 e. The van der Waals surface area contributed by atoms with Gasteiger partial charge in [0.05, 0.1) is 6.54 Å². The first kappa shape index (κ1) is 21.7. The third-order valence-corrected chi connectivity index (χ3v) is 4.75. The van der Waals surface area contributed by atoms with E-state index in [0.717, 1.165) is 28.7 Å². The van der Waals surface area contributed by atoms with Crippen LogP contribution < -0.4 is 0 Å². The minimum absolute atomic E-state index is 0.0658. The van der Waals surface area contributed by atoms with Gasteiger partial charge in [0.1, 0.15) is 11.5 Å². The molecule has 1 aliphatic heterocycles. The van der Waals surface area contributed by atoms with Gasteiger partial charge in [0, 0.05) is 12.8 Å². The summed E-state index contributed by atoms with van der Waals surface area (Å²) >= 11 is 0. The van der Waals surface area contributed by atoms with Crippen LogP contribution in [0.3, 0.4) is 0 Å².